The maximum Gasteiger partial charge on any atom is 0.250 e. The van der Waals surface area contributed by atoms with Crippen LogP contribution in [0.2, 0.25) is 0 Å². The fraction of sp³-hybridized carbons (Fsp3) is 0.222. The van der Waals surface area contributed by atoms with Gasteiger partial charge in [-0.1, -0.05) is 40.2 Å². The molecule has 3 rings (SSSR count). The molecule has 25 heavy (non-hydrogen) atoms. The summed E-state index contributed by atoms with van der Waals surface area (Å²) in [5, 5.41) is 4.01. The van der Waals surface area contributed by atoms with E-state index < -0.39 is 0 Å². The van der Waals surface area contributed by atoms with E-state index in [0.29, 0.717) is 30.5 Å². The number of hydrogen-bond donors (Lipinski definition) is 1. The van der Waals surface area contributed by atoms with Crippen molar-refractivity contribution in [3.8, 4) is 11.5 Å². The van der Waals surface area contributed by atoms with Crippen LogP contribution in [0.25, 0.3) is 0 Å². The zero-order valence-electron chi connectivity index (χ0n) is 13.4. The van der Waals surface area contributed by atoms with Crippen molar-refractivity contribution in [2.45, 2.75) is 5.75 Å². The first-order valence-electron chi connectivity index (χ1n) is 7.76. The van der Waals surface area contributed by atoms with Crippen molar-refractivity contribution in [3.05, 3.63) is 58.1 Å². The molecule has 1 amide bonds. The van der Waals surface area contributed by atoms with Crippen molar-refractivity contribution in [1.82, 2.24) is 5.43 Å². The van der Waals surface area contributed by atoms with E-state index in [1.165, 1.54) is 11.8 Å². The van der Waals surface area contributed by atoms with Gasteiger partial charge in [-0.25, -0.2) is 5.43 Å². The van der Waals surface area contributed by atoms with Crippen molar-refractivity contribution in [2.75, 3.05) is 19.0 Å². The highest BCUT2D eigenvalue weighted by molar-refractivity contribution is 9.10. The summed E-state index contributed by atoms with van der Waals surface area (Å²) in [7, 11) is 0. The van der Waals surface area contributed by atoms with Gasteiger partial charge in [-0.3, -0.25) is 4.79 Å². The number of para-hydroxylation sites is 1. The van der Waals surface area contributed by atoms with E-state index in [9.17, 15) is 4.79 Å². The molecule has 130 valence electrons. The van der Waals surface area contributed by atoms with E-state index in [0.717, 1.165) is 21.4 Å². The molecule has 2 aromatic rings. The number of hydrogen-bond acceptors (Lipinski definition) is 5. The Bertz CT molecular complexity index is 783. The topological polar surface area (TPSA) is 59.9 Å². The predicted octanol–water partition coefficient (Wildman–Crippen LogP) is 3.60. The molecule has 0 radical (unpaired) electrons. The number of amides is 1. The Balaban J connectivity index is 1.48. The van der Waals surface area contributed by atoms with E-state index in [1.807, 2.05) is 42.5 Å². The molecular formula is C18H17BrN2O3S. The maximum atomic E-state index is 11.9. The van der Waals surface area contributed by atoms with E-state index in [-0.39, 0.29) is 5.91 Å². The normalized spacial score (nSPS) is 13.0. The summed E-state index contributed by atoms with van der Waals surface area (Å²) in [6.45, 7) is 1.05. The average Bonchev–Trinajstić information content (AvgIpc) is 2.63. The molecule has 1 aliphatic rings. The van der Waals surface area contributed by atoms with Crippen LogP contribution in [0, 0.1) is 0 Å². The van der Waals surface area contributed by atoms with Crippen molar-refractivity contribution in [2.24, 2.45) is 5.10 Å². The number of hydrazone groups is 1. The number of halogens is 1. The van der Waals surface area contributed by atoms with Crippen molar-refractivity contribution in [1.29, 1.82) is 0 Å². The molecule has 1 N–H and O–H groups in total. The Morgan fingerprint density at radius 3 is 2.92 bits per heavy atom. The molecule has 0 unspecified atom stereocenters. The van der Waals surface area contributed by atoms with Gasteiger partial charge in [-0.15, -0.1) is 11.8 Å². The Kier molecular flexibility index (Phi) is 6.36. The van der Waals surface area contributed by atoms with Crippen molar-refractivity contribution < 1.29 is 14.3 Å². The van der Waals surface area contributed by atoms with Crippen LogP contribution in [0.4, 0.5) is 0 Å². The first-order valence-corrected chi connectivity index (χ1v) is 9.70. The number of thioether (sulfide) groups is 1. The largest absolute Gasteiger partial charge is 0.486 e. The lowest BCUT2D eigenvalue weighted by molar-refractivity contribution is -0.118. The first-order chi connectivity index (χ1) is 12.2. The molecule has 7 heteroatoms. The van der Waals surface area contributed by atoms with E-state index in [2.05, 4.69) is 26.5 Å². The van der Waals surface area contributed by atoms with Crippen LogP contribution in [0.3, 0.4) is 0 Å². The molecule has 1 aliphatic heterocycles. The second-order valence-corrected chi connectivity index (χ2v) is 7.09. The highest BCUT2D eigenvalue weighted by Gasteiger charge is 2.14. The monoisotopic (exact) mass is 420 g/mol. The average molecular weight is 421 g/mol. The molecule has 0 aliphatic carbocycles. The summed E-state index contributed by atoms with van der Waals surface area (Å²) in [4.78, 5) is 11.9. The van der Waals surface area contributed by atoms with Crippen LogP contribution in [-0.2, 0) is 10.5 Å². The molecule has 0 spiro atoms. The minimum absolute atomic E-state index is 0.143. The van der Waals surface area contributed by atoms with Gasteiger partial charge in [-0.2, -0.15) is 5.10 Å². The van der Waals surface area contributed by atoms with Crippen LogP contribution >= 0.6 is 27.7 Å². The number of fused-ring (bicyclic) bond motifs is 1. The summed E-state index contributed by atoms with van der Waals surface area (Å²) < 4.78 is 12.2. The van der Waals surface area contributed by atoms with Crippen LogP contribution in [-0.4, -0.2) is 31.1 Å². The highest BCUT2D eigenvalue weighted by Crippen LogP contribution is 2.32. The lowest BCUT2D eigenvalue weighted by atomic mass is 10.2. The second-order valence-electron chi connectivity index (χ2n) is 5.25. The Labute approximate surface area is 158 Å². The number of nitrogens with one attached hydrogen (secondary N) is 1. The van der Waals surface area contributed by atoms with Gasteiger partial charge in [0, 0.05) is 15.8 Å². The fourth-order valence-electron chi connectivity index (χ4n) is 2.27. The van der Waals surface area contributed by atoms with Gasteiger partial charge in [0.05, 0.1) is 12.0 Å². The third-order valence-corrected chi connectivity index (χ3v) is 5.19. The van der Waals surface area contributed by atoms with E-state index in [1.54, 1.807) is 6.21 Å². The Hall–Kier alpha value is -1.99. The lowest BCUT2D eigenvalue weighted by Crippen LogP contribution is -2.20. The molecule has 0 saturated carbocycles. The van der Waals surface area contributed by atoms with Crippen molar-refractivity contribution >= 4 is 39.8 Å². The highest BCUT2D eigenvalue weighted by atomic mass is 79.9. The van der Waals surface area contributed by atoms with Crippen LogP contribution in [0.1, 0.15) is 11.1 Å². The van der Waals surface area contributed by atoms with Gasteiger partial charge in [0.1, 0.15) is 13.2 Å². The molecule has 0 bridgehead atoms. The molecular weight excluding hydrogens is 404 g/mol. The van der Waals surface area contributed by atoms with E-state index in [4.69, 9.17) is 9.47 Å². The van der Waals surface area contributed by atoms with Crippen LogP contribution in [0.15, 0.2) is 52.0 Å². The van der Waals surface area contributed by atoms with Crippen molar-refractivity contribution in [3.63, 3.8) is 0 Å². The molecule has 0 fully saturated rings. The number of benzene rings is 2. The van der Waals surface area contributed by atoms with Gasteiger partial charge < -0.3 is 9.47 Å². The fourth-order valence-corrected chi connectivity index (χ4v) is 3.71. The van der Waals surface area contributed by atoms with Gasteiger partial charge in [0.25, 0.3) is 0 Å². The summed E-state index contributed by atoms with van der Waals surface area (Å²) in [6.07, 6.45) is 1.57. The molecule has 0 atom stereocenters. The first kappa shape index (κ1) is 17.8. The lowest BCUT2D eigenvalue weighted by Gasteiger charge is -2.19. The van der Waals surface area contributed by atoms with Crippen LogP contribution < -0.4 is 14.9 Å². The minimum atomic E-state index is -0.143. The Morgan fingerprint density at radius 1 is 1.20 bits per heavy atom. The molecule has 1 heterocycles. The standard InChI is InChI=1S/C18H17BrN2O3S/c19-15-6-2-1-4-14(15)11-25-12-17(22)21-20-10-13-5-3-7-16-18(13)24-9-8-23-16/h1-7,10H,8-9,11-12H2,(H,21,22)/b20-10-. The minimum Gasteiger partial charge on any atom is -0.486 e. The molecule has 5 nitrogen and oxygen atoms in total. The summed E-state index contributed by atoms with van der Waals surface area (Å²) in [6, 6.07) is 13.6. The summed E-state index contributed by atoms with van der Waals surface area (Å²) >= 11 is 5.04. The summed E-state index contributed by atoms with van der Waals surface area (Å²) in [5.41, 5.74) is 4.48. The predicted molar refractivity (Wildman–Crippen MR) is 103 cm³/mol. The maximum absolute atomic E-state index is 11.9. The van der Waals surface area contributed by atoms with Gasteiger partial charge >= 0.3 is 0 Å². The van der Waals surface area contributed by atoms with Gasteiger partial charge in [-0.05, 0) is 23.8 Å². The molecule has 0 aromatic heterocycles. The number of carbonyl (C=O) groups excluding carboxylic acids is 1. The van der Waals surface area contributed by atoms with Gasteiger partial charge in [0.15, 0.2) is 11.5 Å². The number of carbonyl (C=O) groups is 1. The zero-order valence-corrected chi connectivity index (χ0v) is 15.8. The molecule has 2 aromatic carbocycles. The Morgan fingerprint density at radius 2 is 2.04 bits per heavy atom. The number of rotatable bonds is 6. The smallest absolute Gasteiger partial charge is 0.250 e. The second kappa shape index (κ2) is 8.92. The molecule has 0 saturated heterocycles. The number of ether oxygens (including phenoxy) is 2. The van der Waals surface area contributed by atoms with E-state index >= 15 is 0 Å². The number of nitrogens with zero attached hydrogens (tertiary/aromatic N) is 1. The quantitative estimate of drug-likeness (QED) is 0.572. The third-order valence-electron chi connectivity index (χ3n) is 3.44. The summed E-state index contributed by atoms with van der Waals surface area (Å²) in [5.74, 6) is 2.32. The van der Waals surface area contributed by atoms with Crippen LogP contribution in [0.5, 0.6) is 11.5 Å². The third kappa shape index (κ3) is 4.99. The zero-order chi connectivity index (χ0) is 17.5. The van der Waals surface area contributed by atoms with Gasteiger partial charge in [0.2, 0.25) is 5.91 Å². The SMILES string of the molecule is O=C(CSCc1ccccc1Br)N/N=C\c1cccc2c1OCCO2.